The van der Waals surface area contributed by atoms with E-state index < -0.39 is 16.4 Å². The summed E-state index contributed by atoms with van der Waals surface area (Å²) in [5, 5.41) is 22.9. The second-order valence-corrected chi connectivity index (χ2v) is 4.82. The summed E-state index contributed by atoms with van der Waals surface area (Å²) in [7, 11) is 0. The van der Waals surface area contributed by atoms with Crippen LogP contribution in [0.15, 0.2) is 42.5 Å². The highest BCUT2D eigenvalue weighted by Crippen LogP contribution is 2.21. The number of nitrogens with zero attached hydrogens (tertiary/aromatic N) is 1. The van der Waals surface area contributed by atoms with Gasteiger partial charge in [0.25, 0.3) is 5.91 Å². The van der Waals surface area contributed by atoms with Crippen LogP contribution < -0.4 is 5.32 Å². The lowest BCUT2D eigenvalue weighted by atomic mass is 9.93. The van der Waals surface area contributed by atoms with Crippen molar-refractivity contribution in [2.75, 3.05) is 6.61 Å². The van der Waals surface area contributed by atoms with E-state index in [9.17, 15) is 20.0 Å². The minimum Gasteiger partial charge on any atom is -0.394 e. The van der Waals surface area contributed by atoms with Crippen molar-refractivity contribution in [2.24, 2.45) is 0 Å². The number of nitro groups is 1. The molecule has 0 saturated heterocycles. The summed E-state index contributed by atoms with van der Waals surface area (Å²) in [5.74, 6) is -0.783. The van der Waals surface area contributed by atoms with Crippen molar-refractivity contribution in [1.82, 2.24) is 10.3 Å². The molecule has 0 aliphatic rings. The van der Waals surface area contributed by atoms with Gasteiger partial charge in [-0.1, -0.05) is 30.3 Å². The second kappa shape index (κ2) is 5.76. The van der Waals surface area contributed by atoms with Crippen LogP contribution in [0.3, 0.4) is 0 Å². The molecule has 110 valence electrons. The van der Waals surface area contributed by atoms with E-state index in [2.05, 4.69) is 10.3 Å². The summed E-state index contributed by atoms with van der Waals surface area (Å²) in [6, 6.07) is 11.5. The van der Waals surface area contributed by atoms with Crippen molar-refractivity contribution in [3.05, 3.63) is 63.8 Å². The zero-order valence-electron chi connectivity index (χ0n) is 11.4. The maximum Gasteiger partial charge on any atom is 0.321 e. The van der Waals surface area contributed by atoms with Crippen LogP contribution in [-0.4, -0.2) is 27.5 Å². The molecule has 3 N–H and O–H groups in total. The molecule has 1 unspecified atom stereocenters. The Labute approximate surface area is 120 Å². The van der Waals surface area contributed by atoms with Crippen LogP contribution in [0.4, 0.5) is 5.82 Å². The maximum absolute atomic E-state index is 12.2. The SMILES string of the molecule is CC(CO)(NC(=O)c1ccc([N+](=O)[O-])[nH]1)c1ccccc1. The molecule has 2 rings (SSSR count). The van der Waals surface area contributed by atoms with E-state index in [4.69, 9.17) is 0 Å². The lowest BCUT2D eigenvalue weighted by molar-refractivity contribution is -0.389. The van der Waals surface area contributed by atoms with Gasteiger partial charge in [-0.25, -0.2) is 4.98 Å². The zero-order chi connectivity index (χ0) is 15.5. The summed E-state index contributed by atoms with van der Waals surface area (Å²) in [5.41, 5.74) is -0.169. The molecular weight excluding hydrogens is 274 g/mol. The number of aliphatic hydroxyl groups excluding tert-OH is 1. The molecule has 1 amide bonds. The second-order valence-electron chi connectivity index (χ2n) is 4.82. The number of nitrogens with one attached hydrogen (secondary N) is 2. The highest BCUT2D eigenvalue weighted by Gasteiger charge is 2.29. The van der Waals surface area contributed by atoms with Crippen molar-refractivity contribution in [3.63, 3.8) is 0 Å². The first-order valence-corrected chi connectivity index (χ1v) is 6.28. The Kier molecular flexibility index (Phi) is 4.04. The Morgan fingerprint density at radius 1 is 1.33 bits per heavy atom. The highest BCUT2D eigenvalue weighted by atomic mass is 16.6. The molecule has 0 saturated carbocycles. The molecule has 1 heterocycles. The quantitative estimate of drug-likeness (QED) is 0.573. The van der Waals surface area contributed by atoms with Gasteiger partial charge < -0.3 is 20.5 Å². The van der Waals surface area contributed by atoms with Gasteiger partial charge in [0.15, 0.2) is 5.69 Å². The molecule has 7 heteroatoms. The summed E-state index contributed by atoms with van der Waals surface area (Å²) >= 11 is 0. The number of aromatic amines is 1. The van der Waals surface area contributed by atoms with Crippen LogP contribution >= 0.6 is 0 Å². The predicted molar refractivity (Wildman–Crippen MR) is 75.8 cm³/mol. The summed E-state index contributed by atoms with van der Waals surface area (Å²) < 4.78 is 0. The molecule has 0 aliphatic heterocycles. The van der Waals surface area contributed by atoms with Crippen molar-refractivity contribution in [1.29, 1.82) is 0 Å². The van der Waals surface area contributed by atoms with Crippen LogP contribution in [0.1, 0.15) is 23.0 Å². The topological polar surface area (TPSA) is 108 Å². The van der Waals surface area contributed by atoms with Gasteiger partial charge in [-0.15, -0.1) is 0 Å². The lowest BCUT2D eigenvalue weighted by Crippen LogP contribution is -2.46. The van der Waals surface area contributed by atoms with Gasteiger partial charge in [-0.05, 0) is 23.5 Å². The Balaban J connectivity index is 2.21. The molecule has 1 aromatic carbocycles. The highest BCUT2D eigenvalue weighted by molar-refractivity contribution is 5.93. The Morgan fingerprint density at radius 3 is 2.52 bits per heavy atom. The minimum absolute atomic E-state index is 0.0670. The number of hydrogen-bond donors (Lipinski definition) is 3. The van der Waals surface area contributed by atoms with Gasteiger partial charge in [-0.2, -0.15) is 0 Å². The van der Waals surface area contributed by atoms with Crippen LogP contribution in [0.2, 0.25) is 0 Å². The first-order valence-electron chi connectivity index (χ1n) is 6.28. The number of hydrogen-bond acceptors (Lipinski definition) is 4. The molecule has 1 atom stereocenters. The zero-order valence-corrected chi connectivity index (χ0v) is 11.4. The average Bonchev–Trinajstić information content (AvgIpc) is 2.98. The molecule has 0 fully saturated rings. The number of H-pyrrole nitrogens is 1. The molecule has 2 aromatic rings. The number of amides is 1. The molecule has 21 heavy (non-hydrogen) atoms. The lowest BCUT2D eigenvalue weighted by Gasteiger charge is -2.28. The fourth-order valence-corrected chi connectivity index (χ4v) is 1.95. The largest absolute Gasteiger partial charge is 0.394 e. The summed E-state index contributed by atoms with van der Waals surface area (Å²) in [4.78, 5) is 24.6. The van der Waals surface area contributed by atoms with Crippen molar-refractivity contribution >= 4 is 11.7 Å². The number of aliphatic hydroxyl groups is 1. The minimum atomic E-state index is -0.974. The first-order chi connectivity index (χ1) is 9.96. The fourth-order valence-electron chi connectivity index (χ4n) is 1.95. The monoisotopic (exact) mass is 289 g/mol. The van der Waals surface area contributed by atoms with E-state index in [1.165, 1.54) is 12.1 Å². The van der Waals surface area contributed by atoms with E-state index >= 15 is 0 Å². The van der Waals surface area contributed by atoms with Crippen molar-refractivity contribution in [2.45, 2.75) is 12.5 Å². The summed E-state index contributed by atoms with van der Waals surface area (Å²) in [6.45, 7) is 1.38. The van der Waals surface area contributed by atoms with Gasteiger partial charge in [0.2, 0.25) is 0 Å². The third-order valence-corrected chi connectivity index (χ3v) is 3.23. The van der Waals surface area contributed by atoms with E-state index in [1.807, 2.05) is 6.07 Å². The van der Waals surface area contributed by atoms with Crippen LogP contribution in [-0.2, 0) is 5.54 Å². The van der Waals surface area contributed by atoms with E-state index in [0.29, 0.717) is 0 Å². The van der Waals surface area contributed by atoms with E-state index in [-0.39, 0.29) is 18.1 Å². The Hall–Kier alpha value is -2.67. The van der Waals surface area contributed by atoms with Crippen molar-refractivity contribution < 1.29 is 14.8 Å². The fraction of sp³-hybridized carbons (Fsp3) is 0.214. The Morgan fingerprint density at radius 2 is 2.00 bits per heavy atom. The average molecular weight is 289 g/mol. The number of rotatable bonds is 5. The first kappa shape index (κ1) is 14.7. The number of benzene rings is 1. The molecule has 7 nitrogen and oxygen atoms in total. The van der Waals surface area contributed by atoms with Crippen LogP contribution in [0, 0.1) is 10.1 Å². The Bertz CT molecular complexity index is 653. The summed E-state index contributed by atoms with van der Waals surface area (Å²) in [6.07, 6.45) is 0. The van der Waals surface area contributed by atoms with Gasteiger partial charge in [0, 0.05) is 6.07 Å². The van der Waals surface area contributed by atoms with Crippen LogP contribution in [0.25, 0.3) is 0 Å². The van der Waals surface area contributed by atoms with Crippen LogP contribution in [0.5, 0.6) is 0 Å². The third-order valence-electron chi connectivity index (χ3n) is 3.23. The molecule has 0 bridgehead atoms. The molecule has 0 spiro atoms. The molecule has 1 aromatic heterocycles. The van der Waals surface area contributed by atoms with Gasteiger partial charge in [0.05, 0.1) is 12.1 Å². The number of aromatic nitrogens is 1. The molecular formula is C14H15N3O4. The third kappa shape index (κ3) is 3.09. The number of carbonyl (C=O) groups excluding carboxylic acids is 1. The van der Waals surface area contributed by atoms with Gasteiger partial charge in [0.1, 0.15) is 0 Å². The van der Waals surface area contributed by atoms with E-state index in [1.54, 1.807) is 31.2 Å². The van der Waals surface area contributed by atoms with Gasteiger partial charge >= 0.3 is 5.82 Å². The molecule has 0 aliphatic carbocycles. The normalized spacial score (nSPS) is 13.4. The molecule has 0 radical (unpaired) electrons. The smallest absolute Gasteiger partial charge is 0.321 e. The predicted octanol–water partition coefficient (Wildman–Crippen LogP) is 1.56. The van der Waals surface area contributed by atoms with Crippen molar-refractivity contribution in [3.8, 4) is 0 Å². The van der Waals surface area contributed by atoms with Gasteiger partial charge in [-0.3, -0.25) is 4.79 Å². The number of carbonyl (C=O) groups is 1. The maximum atomic E-state index is 12.2. The van der Waals surface area contributed by atoms with E-state index in [0.717, 1.165) is 5.56 Å². The standard InChI is InChI=1S/C14H15N3O4/c1-14(9-18,10-5-3-2-4-6-10)16-13(19)11-7-8-12(15-11)17(20)21/h2-8,15,18H,9H2,1H3,(H,16,19).